The third-order valence-corrected chi connectivity index (χ3v) is 5.43. The number of aliphatic hydroxyl groups excluding tert-OH is 1. The maximum Gasteiger partial charge on any atom is 0.242 e. The van der Waals surface area contributed by atoms with Gasteiger partial charge in [-0.2, -0.15) is 0 Å². The third-order valence-electron chi connectivity index (χ3n) is 4.54. The lowest BCUT2D eigenvalue weighted by molar-refractivity contribution is -0.133. The van der Waals surface area contributed by atoms with Gasteiger partial charge in [-0.3, -0.25) is 4.79 Å². The average molecular weight is 341 g/mol. The Morgan fingerprint density at radius 1 is 1.29 bits per heavy atom. The molecule has 0 aliphatic carbocycles. The van der Waals surface area contributed by atoms with E-state index in [0.717, 1.165) is 21.6 Å². The van der Waals surface area contributed by atoms with Crippen molar-refractivity contribution >= 4 is 28.3 Å². The Bertz CT molecular complexity index is 848. The molecule has 0 aromatic carbocycles. The molecule has 3 aromatic rings. The number of amides is 1. The summed E-state index contributed by atoms with van der Waals surface area (Å²) in [6, 6.07) is 10.1. The Balaban J connectivity index is 1.67. The van der Waals surface area contributed by atoms with Gasteiger partial charge in [0.1, 0.15) is 12.2 Å². The molecule has 1 amide bonds. The van der Waals surface area contributed by atoms with Crippen molar-refractivity contribution in [1.82, 2.24) is 14.5 Å². The number of hydrogen-bond acceptors (Lipinski definition) is 4. The van der Waals surface area contributed by atoms with Gasteiger partial charge in [-0.05, 0) is 42.5 Å². The molecule has 0 radical (unpaired) electrons. The zero-order valence-electron chi connectivity index (χ0n) is 13.3. The van der Waals surface area contributed by atoms with Crippen LogP contribution in [0.15, 0.2) is 41.9 Å². The first-order valence-corrected chi connectivity index (χ1v) is 9.04. The van der Waals surface area contributed by atoms with Crippen molar-refractivity contribution in [2.45, 2.75) is 25.5 Å². The van der Waals surface area contributed by atoms with Crippen LogP contribution in [-0.4, -0.2) is 44.7 Å². The summed E-state index contributed by atoms with van der Waals surface area (Å²) in [5.41, 5.74) is 1.87. The predicted octanol–water partition coefficient (Wildman–Crippen LogP) is 2.75. The molecular weight excluding hydrogens is 322 g/mol. The van der Waals surface area contributed by atoms with Gasteiger partial charge >= 0.3 is 0 Å². The quantitative estimate of drug-likeness (QED) is 0.797. The highest BCUT2D eigenvalue weighted by molar-refractivity contribution is 7.13. The monoisotopic (exact) mass is 341 g/mol. The number of nitrogens with zero attached hydrogens (tertiary/aromatic N) is 3. The smallest absolute Gasteiger partial charge is 0.242 e. The fraction of sp³-hybridized carbons (Fsp3) is 0.333. The molecule has 0 saturated carbocycles. The summed E-state index contributed by atoms with van der Waals surface area (Å²) >= 11 is 1.66. The maximum absolute atomic E-state index is 12.7. The minimum atomic E-state index is -0.273. The summed E-state index contributed by atoms with van der Waals surface area (Å²) in [4.78, 5) is 20.2. The van der Waals surface area contributed by atoms with Crippen molar-refractivity contribution in [3.63, 3.8) is 0 Å². The molecule has 1 fully saturated rings. The molecular formula is C18H19N3O2S. The fourth-order valence-corrected chi connectivity index (χ4v) is 3.98. The highest BCUT2D eigenvalue weighted by atomic mass is 32.1. The normalized spacial score (nSPS) is 16.0. The fourth-order valence-electron chi connectivity index (χ4n) is 3.23. The van der Waals surface area contributed by atoms with E-state index >= 15 is 0 Å². The number of carbonyl (C=O) groups is 1. The van der Waals surface area contributed by atoms with Gasteiger partial charge in [0.05, 0.1) is 16.7 Å². The molecule has 1 aliphatic rings. The van der Waals surface area contributed by atoms with Crippen LogP contribution in [-0.2, 0) is 11.3 Å². The van der Waals surface area contributed by atoms with E-state index in [-0.39, 0.29) is 18.6 Å². The number of hydrogen-bond donors (Lipinski definition) is 1. The number of piperidine rings is 1. The molecule has 5 nitrogen and oxygen atoms in total. The average Bonchev–Trinajstić information content (AvgIpc) is 3.23. The Morgan fingerprint density at radius 2 is 2.12 bits per heavy atom. The van der Waals surface area contributed by atoms with Crippen LogP contribution in [0.2, 0.25) is 0 Å². The van der Waals surface area contributed by atoms with E-state index in [2.05, 4.69) is 17.1 Å². The number of likely N-dealkylation sites (tertiary alicyclic amines) is 1. The van der Waals surface area contributed by atoms with Gasteiger partial charge < -0.3 is 14.6 Å². The van der Waals surface area contributed by atoms with Gasteiger partial charge in [0.25, 0.3) is 0 Å². The second-order valence-corrected chi connectivity index (χ2v) is 7.07. The van der Waals surface area contributed by atoms with Crippen molar-refractivity contribution in [3.05, 3.63) is 41.9 Å². The van der Waals surface area contributed by atoms with Crippen molar-refractivity contribution in [3.8, 4) is 10.6 Å². The van der Waals surface area contributed by atoms with Gasteiger partial charge in [0.2, 0.25) is 5.91 Å². The first-order chi connectivity index (χ1) is 11.7. The van der Waals surface area contributed by atoms with Gasteiger partial charge in [-0.1, -0.05) is 6.07 Å². The van der Waals surface area contributed by atoms with E-state index in [0.29, 0.717) is 25.9 Å². The van der Waals surface area contributed by atoms with E-state index in [1.807, 2.05) is 33.0 Å². The van der Waals surface area contributed by atoms with Crippen LogP contribution in [0.1, 0.15) is 12.8 Å². The van der Waals surface area contributed by atoms with Crippen molar-refractivity contribution in [1.29, 1.82) is 0 Å². The topological polar surface area (TPSA) is 58.4 Å². The number of carbonyl (C=O) groups excluding carboxylic acids is 1. The summed E-state index contributed by atoms with van der Waals surface area (Å²) in [7, 11) is 0. The first-order valence-electron chi connectivity index (χ1n) is 8.16. The molecule has 124 valence electrons. The summed E-state index contributed by atoms with van der Waals surface area (Å²) in [6.07, 6.45) is 2.81. The molecule has 3 aromatic heterocycles. The number of thiophene rings is 1. The van der Waals surface area contributed by atoms with Crippen LogP contribution in [0.25, 0.3) is 21.6 Å². The van der Waals surface area contributed by atoms with E-state index in [4.69, 9.17) is 0 Å². The lowest BCUT2D eigenvalue weighted by Gasteiger charge is -2.30. The van der Waals surface area contributed by atoms with Gasteiger partial charge in [0.15, 0.2) is 0 Å². The number of aliphatic hydroxyl groups is 1. The zero-order valence-corrected chi connectivity index (χ0v) is 14.1. The lowest BCUT2D eigenvalue weighted by Crippen LogP contribution is -2.41. The Kier molecular flexibility index (Phi) is 4.08. The molecule has 1 N–H and O–H groups in total. The SMILES string of the molecule is O=C(Cn1c(-c2cccs2)cc2cccnc21)N1CCC(O)CC1. The molecule has 1 aliphatic heterocycles. The van der Waals surface area contributed by atoms with E-state index < -0.39 is 0 Å². The standard InChI is InChI=1S/C18H19N3O2S/c22-14-5-8-20(9-6-14)17(23)12-21-15(16-4-2-10-24-16)11-13-3-1-7-19-18(13)21/h1-4,7,10-11,14,22H,5-6,8-9,12H2. The molecule has 0 bridgehead atoms. The van der Waals surface area contributed by atoms with Gasteiger partial charge in [-0.15, -0.1) is 11.3 Å². The van der Waals surface area contributed by atoms with Crippen LogP contribution >= 0.6 is 11.3 Å². The van der Waals surface area contributed by atoms with Crippen LogP contribution in [0.5, 0.6) is 0 Å². The minimum Gasteiger partial charge on any atom is -0.393 e. The lowest BCUT2D eigenvalue weighted by atomic mass is 10.1. The summed E-state index contributed by atoms with van der Waals surface area (Å²) < 4.78 is 2.01. The molecule has 6 heteroatoms. The number of aromatic nitrogens is 2. The number of pyridine rings is 1. The minimum absolute atomic E-state index is 0.0860. The van der Waals surface area contributed by atoms with Crippen molar-refractivity contribution in [2.24, 2.45) is 0 Å². The van der Waals surface area contributed by atoms with Crippen LogP contribution in [0.4, 0.5) is 0 Å². The largest absolute Gasteiger partial charge is 0.393 e. The second kappa shape index (κ2) is 6.37. The van der Waals surface area contributed by atoms with Crippen LogP contribution < -0.4 is 0 Å². The maximum atomic E-state index is 12.7. The molecule has 4 rings (SSSR count). The zero-order chi connectivity index (χ0) is 16.5. The Labute approximate surface area is 144 Å². The number of rotatable bonds is 3. The third kappa shape index (κ3) is 2.83. The van der Waals surface area contributed by atoms with Crippen LogP contribution in [0, 0.1) is 0 Å². The Hall–Kier alpha value is -2.18. The van der Waals surface area contributed by atoms with Crippen molar-refractivity contribution in [2.75, 3.05) is 13.1 Å². The van der Waals surface area contributed by atoms with Gasteiger partial charge in [0, 0.05) is 24.7 Å². The van der Waals surface area contributed by atoms with Gasteiger partial charge in [-0.25, -0.2) is 4.98 Å². The summed E-state index contributed by atoms with van der Waals surface area (Å²) in [6.45, 7) is 1.53. The summed E-state index contributed by atoms with van der Waals surface area (Å²) in [5.74, 6) is 0.0860. The van der Waals surface area contributed by atoms with Crippen LogP contribution in [0.3, 0.4) is 0 Å². The Morgan fingerprint density at radius 3 is 2.88 bits per heavy atom. The van der Waals surface area contributed by atoms with E-state index in [1.54, 1.807) is 17.5 Å². The molecule has 0 spiro atoms. The molecule has 0 atom stereocenters. The highest BCUT2D eigenvalue weighted by Crippen LogP contribution is 2.30. The first kappa shape index (κ1) is 15.4. The predicted molar refractivity (Wildman–Crippen MR) is 94.9 cm³/mol. The highest BCUT2D eigenvalue weighted by Gasteiger charge is 2.23. The second-order valence-electron chi connectivity index (χ2n) is 6.12. The van der Waals surface area contributed by atoms with E-state index in [1.165, 1.54) is 0 Å². The molecule has 4 heterocycles. The van der Waals surface area contributed by atoms with Crippen molar-refractivity contribution < 1.29 is 9.90 Å². The molecule has 0 unspecified atom stereocenters. The summed E-state index contributed by atoms with van der Waals surface area (Å²) in [5, 5.41) is 12.7. The van der Waals surface area contributed by atoms with E-state index in [9.17, 15) is 9.90 Å². The molecule has 24 heavy (non-hydrogen) atoms. The number of fused-ring (bicyclic) bond motifs is 1. The molecule has 1 saturated heterocycles.